The number of amides is 1. The first-order chi connectivity index (χ1) is 10.4. The molecule has 0 aliphatic carbocycles. The summed E-state index contributed by atoms with van der Waals surface area (Å²) in [6, 6.07) is 6.25. The van der Waals surface area contributed by atoms with E-state index >= 15 is 0 Å². The summed E-state index contributed by atoms with van der Waals surface area (Å²) in [6.07, 6.45) is -6.53. The lowest BCUT2D eigenvalue weighted by molar-refractivity contribution is -0.214. The van der Waals surface area contributed by atoms with Crippen molar-refractivity contribution in [2.75, 3.05) is 7.11 Å². The topological polar surface area (TPSA) is 64.6 Å². The first kappa shape index (κ1) is 18.8. The van der Waals surface area contributed by atoms with Gasteiger partial charge >= 0.3 is 18.2 Å². The molecule has 0 saturated carbocycles. The van der Waals surface area contributed by atoms with E-state index in [1.165, 1.54) is 39.0 Å². The van der Waals surface area contributed by atoms with Gasteiger partial charge in [0.1, 0.15) is 5.60 Å². The van der Waals surface area contributed by atoms with Crippen molar-refractivity contribution in [3.63, 3.8) is 0 Å². The second-order valence-corrected chi connectivity index (χ2v) is 5.73. The van der Waals surface area contributed by atoms with E-state index in [9.17, 15) is 22.8 Å². The Morgan fingerprint density at radius 3 is 1.96 bits per heavy atom. The number of carbonyl (C=O) groups excluding carboxylic acids is 2. The van der Waals surface area contributed by atoms with Crippen LogP contribution in [0.5, 0.6) is 0 Å². The highest BCUT2D eigenvalue weighted by atomic mass is 19.4. The molecule has 1 aromatic carbocycles. The van der Waals surface area contributed by atoms with E-state index in [0.29, 0.717) is 0 Å². The van der Waals surface area contributed by atoms with Crippen molar-refractivity contribution < 1.29 is 32.2 Å². The number of alkyl carbamates (subject to hydrolysis) is 1. The summed E-state index contributed by atoms with van der Waals surface area (Å²) in [6.45, 7) is 4.47. The van der Waals surface area contributed by atoms with E-state index < -0.39 is 34.9 Å². The molecule has 23 heavy (non-hydrogen) atoms. The standard InChI is InChI=1S/C15H18F3NO4/c1-13(2,3)23-12(21)19-14(11(20)22-4,15(16,17)18)10-8-6-5-7-9-10/h5-9H,1-4H3,(H,19,21)/t14-/m1/s1. The zero-order valence-electron chi connectivity index (χ0n) is 13.2. The van der Waals surface area contributed by atoms with Gasteiger partial charge in [0.2, 0.25) is 0 Å². The Balaban J connectivity index is 3.41. The number of methoxy groups -OCH3 is 1. The van der Waals surface area contributed by atoms with Gasteiger partial charge in [0.05, 0.1) is 7.11 Å². The maximum Gasteiger partial charge on any atom is 0.426 e. The fourth-order valence-corrected chi connectivity index (χ4v) is 1.89. The van der Waals surface area contributed by atoms with Crippen molar-refractivity contribution in [3.8, 4) is 0 Å². The fourth-order valence-electron chi connectivity index (χ4n) is 1.89. The second-order valence-electron chi connectivity index (χ2n) is 5.73. The van der Waals surface area contributed by atoms with Gasteiger partial charge < -0.3 is 9.47 Å². The Morgan fingerprint density at radius 2 is 1.57 bits per heavy atom. The number of alkyl halides is 3. The molecule has 1 rings (SSSR count). The van der Waals surface area contributed by atoms with Crippen LogP contribution < -0.4 is 5.32 Å². The van der Waals surface area contributed by atoms with E-state index in [2.05, 4.69) is 4.74 Å². The quantitative estimate of drug-likeness (QED) is 0.863. The van der Waals surface area contributed by atoms with Crippen molar-refractivity contribution in [2.24, 2.45) is 0 Å². The highest BCUT2D eigenvalue weighted by molar-refractivity contribution is 5.88. The smallest absolute Gasteiger partial charge is 0.426 e. The van der Waals surface area contributed by atoms with Crippen LogP contribution in [0.2, 0.25) is 0 Å². The van der Waals surface area contributed by atoms with Crippen molar-refractivity contribution in [3.05, 3.63) is 35.9 Å². The molecule has 0 aromatic heterocycles. The Bertz CT molecular complexity index is 566. The molecule has 1 N–H and O–H groups in total. The Kier molecular flexibility index (Phi) is 5.29. The van der Waals surface area contributed by atoms with Crippen LogP contribution >= 0.6 is 0 Å². The van der Waals surface area contributed by atoms with Crippen LogP contribution in [-0.4, -0.2) is 30.9 Å². The monoisotopic (exact) mass is 333 g/mol. The van der Waals surface area contributed by atoms with Crippen LogP contribution in [0, 0.1) is 0 Å². The van der Waals surface area contributed by atoms with E-state index in [0.717, 1.165) is 19.2 Å². The molecular weight excluding hydrogens is 315 g/mol. The fraction of sp³-hybridized carbons (Fsp3) is 0.467. The van der Waals surface area contributed by atoms with E-state index in [1.807, 2.05) is 0 Å². The van der Waals surface area contributed by atoms with Crippen LogP contribution in [-0.2, 0) is 19.8 Å². The zero-order valence-corrected chi connectivity index (χ0v) is 13.2. The predicted molar refractivity (Wildman–Crippen MR) is 75.6 cm³/mol. The van der Waals surface area contributed by atoms with Crippen LogP contribution in [0.1, 0.15) is 26.3 Å². The van der Waals surface area contributed by atoms with Gasteiger partial charge in [-0.1, -0.05) is 30.3 Å². The van der Waals surface area contributed by atoms with Gasteiger partial charge in [-0.2, -0.15) is 13.2 Å². The number of hydrogen-bond donors (Lipinski definition) is 1. The SMILES string of the molecule is COC(=O)[C@](NC(=O)OC(C)(C)C)(c1ccccc1)C(F)(F)F. The number of esters is 1. The van der Waals surface area contributed by atoms with Gasteiger partial charge in [0, 0.05) is 0 Å². The molecule has 0 heterocycles. The minimum absolute atomic E-state index is 0.481. The summed E-state index contributed by atoms with van der Waals surface area (Å²) < 4.78 is 50.3. The van der Waals surface area contributed by atoms with Crippen molar-refractivity contribution >= 4 is 12.1 Å². The summed E-state index contributed by atoms with van der Waals surface area (Å²) in [5.74, 6) is -1.66. The van der Waals surface area contributed by atoms with Crippen molar-refractivity contribution in [2.45, 2.75) is 38.1 Å². The normalized spacial score (nSPS) is 14.6. The maximum absolute atomic E-state index is 13.7. The third-order valence-electron chi connectivity index (χ3n) is 2.81. The average Bonchev–Trinajstić information content (AvgIpc) is 2.41. The van der Waals surface area contributed by atoms with Crippen molar-refractivity contribution in [1.82, 2.24) is 5.32 Å². The third kappa shape index (κ3) is 4.14. The zero-order chi connectivity index (χ0) is 17.9. The maximum atomic E-state index is 13.7. The number of benzene rings is 1. The predicted octanol–water partition coefficient (Wildman–Crippen LogP) is 3.14. The number of hydrogen-bond acceptors (Lipinski definition) is 4. The lowest BCUT2D eigenvalue weighted by Crippen LogP contribution is -2.62. The highest BCUT2D eigenvalue weighted by Gasteiger charge is 2.64. The molecule has 1 aromatic rings. The van der Waals surface area contributed by atoms with Crippen LogP contribution in [0.25, 0.3) is 0 Å². The number of carbonyl (C=O) groups is 2. The summed E-state index contributed by atoms with van der Waals surface area (Å²) in [5, 5.41) is 1.63. The number of nitrogens with one attached hydrogen (secondary N) is 1. The molecule has 0 aliphatic rings. The Morgan fingerprint density at radius 1 is 1.04 bits per heavy atom. The molecule has 8 heteroatoms. The van der Waals surface area contributed by atoms with Gasteiger partial charge in [-0.15, -0.1) is 0 Å². The van der Waals surface area contributed by atoms with Gasteiger partial charge in [0.15, 0.2) is 0 Å². The van der Waals surface area contributed by atoms with Crippen molar-refractivity contribution in [1.29, 1.82) is 0 Å². The number of rotatable bonds is 3. The molecular formula is C15H18F3NO4. The molecule has 5 nitrogen and oxygen atoms in total. The van der Waals surface area contributed by atoms with E-state index in [-0.39, 0.29) is 0 Å². The van der Waals surface area contributed by atoms with Gasteiger partial charge in [-0.05, 0) is 26.3 Å². The Hall–Kier alpha value is -2.25. The van der Waals surface area contributed by atoms with Crippen LogP contribution in [0.3, 0.4) is 0 Å². The summed E-state index contributed by atoms with van der Waals surface area (Å²) in [4.78, 5) is 23.8. The molecule has 0 fully saturated rings. The minimum atomic E-state index is -5.14. The van der Waals surface area contributed by atoms with Gasteiger partial charge in [-0.25, -0.2) is 9.59 Å². The molecule has 128 valence electrons. The number of ether oxygens (including phenoxy) is 2. The second kappa shape index (κ2) is 6.47. The van der Waals surface area contributed by atoms with E-state index in [4.69, 9.17) is 4.74 Å². The first-order valence-corrected chi connectivity index (χ1v) is 6.66. The van der Waals surface area contributed by atoms with Gasteiger partial charge in [-0.3, -0.25) is 5.32 Å². The highest BCUT2D eigenvalue weighted by Crippen LogP contribution is 2.40. The molecule has 0 unspecified atom stereocenters. The van der Waals surface area contributed by atoms with Gasteiger partial charge in [0.25, 0.3) is 5.54 Å². The van der Waals surface area contributed by atoms with Crippen LogP contribution in [0.4, 0.5) is 18.0 Å². The molecule has 1 amide bonds. The summed E-state index contributed by atoms with van der Waals surface area (Å²) in [5.41, 5.74) is -4.87. The molecule has 0 aliphatic heterocycles. The third-order valence-corrected chi connectivity index (χ3v) is 2.81. The molecule has 0 spiro atoms. The first-order valence-electron chi connectivity index (χ1n) is 6.66. The van der Waals surface area contributed by atoms with E-state index in [1.54, 1.807) is 5.32 Å². The molecule has 1 atom stereocenters. The lowest BCUT2D eigenvalue weighted by Gasteiger charge is -2.34. The summed E-state index contributed by atoms with van der Waals surface area (Å²) in [7, 11) is 0.808. The Labute approximate surface area is 131 Å². The minimum Gasteiger partial charge on any atom is -0.467 e. The molecule has 0 bridgehead atoms. The summed E-state index contributed by atoms with van der Waals surface area (Å²) >= 11 is 0. The lowest BCUT2D eigenvalue weighted by atomic mass is 9.89. The largest absolute Gasteiger partial charge is 0.467 e. The molecule has 0 radical (unpaired) electrons. The average molecular weight is 333 g/mol. The van der Waals surface area contributed by atoms with Crippen LogP contribution in [0.15, 0.2) is 30.3 Å². The number of halogens is 3. The molecule has 0 saturated heterocycles.